The van der Waals surface area contributed by atoms with E-state index in [0.29, 0.717) is 6.07 Å². The van der Waals surface area contributed by atoms with Crippen molar-refractivity contribution in [3.8, 4) is 0 Å². The Balaban J connectivity index is 3.06. The standard InChI is InChI=1S/C13H11F3O3S/c1-8(17)20-6-2-3-9-4-5-10(12(18)19)7-11(9)13(14,15)16/h2-5,7H,6H2,1H3,(H,18,19). The van der Waals surface area contributed by atoms with Crippen LogP contribution in [0.1, 0.15) is 28.4 Å². The number of rotatable bonds is 4. The van der Waals surface area contributed by atoms with Crippen molar-refractivity contribution >= 4 is 28.9 Å². The van der Waals surface area contributed by atoms with Crippen LogP contribution in [0.2, 0.25) is 0 Å². The van der Waals surface area contributed by atoms with Crippen LogP contribution in [-0.2, 0) is 11.0 Å². The van der Waals surface area contributed by atoms with Crippen LogP contribution in [0.4, 0.5) is 13.2 Å². The molecule has 0 radical (unpaired) electrons. The van der Waals surface area contributed by atoms with E-state index in [4.69, 9.17) is 5.11 Å². The summed E-state index contributed by atoms with van der Waals surface area (Å²) in [7, 11) is 0. The number of aromatic carboxylic acids is 1. The second-order valence-electron chi connectivity index (χ2n) is 3.81. The number of carboxylic acids is 1. The van der Waals surface area contributed by atoms with Gasteiger partial charge in [0.2, 0.25) is 0 Å². The van der Waals surface area contributed by atoms with E-state index < -0.39 is 23.3 Å². The maximum Gasteiger partial charge on any atom is 0.417 e. The number of hydrogen-bond acceptors (Lipinski definition) is 3. The van der Waals surface area contributed by atoms with Gasteiger partial charge in [-0.2, -0.15) is 13.2 Å². The molecule has 0 aliphatic carbocycles. The molecule has 0 unspecified atom stereocenters. The van der Waals surface area contributed by atoms with E-state index in [9.17, 15) is 22.8 Å². The largest absolute Gasteiger partial charge is 0.478 e. The van der Waals surface area contributed by atoms with E-state index in [1.807, 2.05) is 0 Å². The molecule has 1 aromatic rings. The highest BCUT2D eigenvalue weighted by Crippen LogP contribution is 2.33. The van der Waals surface area contributed by atoms with Gasteiger partial charge in [0.1, 0.15) is 0 Å². The van der Waals surface area contributed by atoms with Gasteiger partial charge in [0.15, 0.2) is 5.12 Å². The molecule has 1 N–H and O–H groups in total. The Morgan fingerprint density at radius 3 is 2.50 bits per heavy atom. The Labute approximate surface area is 117 Å². The molecule has 0 aliphatic rings. The van der Waals surface area contributed by atoms with Gasteiger partial charge in [-0.15, -0.1) is 0 Å². The summed E-state index contributed by atoms with van der Waals surface area (Å²) < 4.78 is 38.5. The monoisotopic (exact) mass is 304 g/mol. The molecule has 0 aromatic heterocycles. The maximum atomic E-state index is 12.8. The van der Waals surface area contributed by atoms with Crippen LogP contribution < -0.4 is 0 Å². The minimum atomic E-state index is -4.64. The van der Waals surface area contributed by atoms with E-state index in [2.05, 4.69) is 0 Å². The Kier molecular flexibility index (Phi) is 5.38. The number of thioether (sulfide) groups is 1. The van der Waals surface area contributed by atoms with Gasteiger partial charge in [-0.3, -0.25) is 4.79 Å². The first-order valence-corrected chi connectivity index (χ1v) is 6.45. The third-order valence-corrected chi connectivity index (χ3v) is 3.05. The zero-order valence-corrected chi connectivity index (χ0v) is 11.2. The highest BCUT2D eigenvalue weighted by Gasteiger charge is 2.33. The van der Waals surface area contributed by atoms with Gasteiger partial charge in [-0.1, -0.05) is 30.0 Å². The van der Waals surface area contributed by atoms with Gasteiger partial charge in [0.25, 0.3) is 0 Å². The van der Waals surface area contributed by atoms with Gasteiger partial charge in [0, 0.05) is 12.7 Å². The fraction of sp³-hybridized carbons (Fsp3) is 0.231. The zero-order valence-electron chi connectivity index (χ0n) is 10.4. The molecule has 0 amide bonds. The summed E-state index contributed by atoms with van der Waals surface area (Å²) >= 11 is 0.971. The number of benzene rings is 1. The Bertz CT molecular complexity index is 550. The lowest BCUT2D eigenvalue weighted by atomic mass is 10.0. The molecule has 108 valence electrons. The predicted octanol–water partition coefficient (Wildman–Crippen LogP) is 3.70. The smallest absolute Gasteiger partial charge is 0.417 e. The van der Waals surface area contributed by atoms with Crippen molar-refractivity contribution in [2.75, 3.05) is 5.75 Å². The molecule has 3 nitrogen and oxygen atoms in total. The van der Waals surface area contributed by atoms with Crippen molar-refractivity contribution in [2.24, 2.45) is 0 Å². The van der Waals surface area contributed by atoms with Gasteiger partial charge in [-0.05, 0) is 17.7 Å². The molecule has 0 heterocycles. The van der Waals surface area contributed by atoms with Gasteiger partial charge >= 0.3 is 12.1 Å². The average Bonchev–Trinajstić information content (AvgIpc) is 2.33. The molecule has 0 aliphatic heterocycles. The number of carbonyl (C=O) groups is 2. The summed E-state index contributed by atoms with van der Waals surface area (Å²) in [5.41, 5.74) is -1.57. The molecule has 20 heavy (non-hydrogen) atoms. The van der Waals surface area contributed by atoms with Crippen LogP contribution in [0.3, 0.4) is 0 Å². The van der Waals surface area contributed by atoms with Crippen LogP contribution in [0.5, 0.6) is 0 Å². The number of carboxylic acid groups (broad SMARTS) is 1. The third kappa shape index (κ3) is 4.73. The van der Waals surface area contributed by atoms with Crippen molar-refractivity contribution in [1.82, 2.24) is 0 Å². The summed E-state index contributed by atoms with van der Waals surface area (Å²) in [6.07, 6.45) is -1.99. The summed E-state index contributed by atoms with van der Waals surface area (Å²) in [6, 6.07) is 2.80. The second kappa shape index (κ2) is 6.60. The quantitative estimate of drug-likeness (QED) is 0.921. The minimum Gasteiger partial charge on any atom is -0.478 e. The van der Waals surface area contributed by atoms with Crippen LogP contribution in [0, 0.1) is 0 Å². The lowest BCUT2D eigenvalue weighted by molar-refractivity contribution is -0.137. The van der Waals surface area contributed by atoms with Crippen LogP contribution >= 0.6 is 11.8 Å². The number of halogens is 3. The van der Waals surface area contributed by atoms with E-state index in [1.165, 1.54) is 19.1 Å². The lowest BCUT2D eigenvalue weighted by Gasteiger charge is -2.11. The third-order valence-electron chi connectivity index (χ3n) is 2.29. The maximum absolute atomic E-state index is 12.8. The van der Waals surface area contributed by atoms with Crippen LogP contribution in [0.25, 0.3) is 6.08 Å². The average molecular weight is 304 g/mol. The fourth-order valence-electron chi connectivity index (χ4n) is 1.42. The molecule has 1 aromatic carbocycles. The van der Waals surface area contributed by atoms with Crippen molar-refractivity contribution < 1.29 is 27.9 Å². The number of hydrogen-bond donors (Lipinski definition) is 1. The molecular formula is C13H11F3O3S. The van der Waals surface area contributed by atoms with Crippen molar-refractivity contribution in [1.29, 1.82) is 0 Å². The Hall–Kier alpha value is -1.76. The SMILES string of the molecule is CC(=O)SCC=Cc1ccc(C(=O)O)cc1C(F)(F)F. The van der Waals surface area contributed by atoms with Gasteiger partial charge < -0.3 is 5.11 Å². The summed E-state index contributed by atoms with van der Waals surface area (Å²) in [5.74, 6) is -1.16. The summed E-state index contributed by atoms with van der Waals surface area (Å²) in [4.78, 5) is 21.4. The van der Waals surface area contributed by atoms with Gasteiger partial charge in [-0.25, -0.2) is 4.79 Å². The topological polar surface area (TPSA) is 54.4 Å². The molecule has 0 saturated heterocycles. The highest BCUT2D eigenvalue weighted by atomic mass is 32.2. The first-order valence-electron chi connectivity index (χ1n) is 5.46. The molecular weight excluding hydrogens is 293 g/mol. The Morgan fingerprint density at radius 1 is 1.35 bits per heavy atom. The summed E-state index contributed by atoms with van der Waals surface area (Å²) in [5, 5.41) is 8.58. The highest BCUT2D eigenvalue weighted by molar-refractivity contribution is 8.13. The number of alkyl halides is 3. The molecule has 0 fully saturated rings. The zero-order chi connectivity index (χ0) is 15.3. The molecule has 0 spiro atoms. The molecule has 1 rings (SSSR count). The van der Waals surface area contributed by atoms with Crippen molar-refractivity contribution in [3.63, 3.8) is 0 Å². The number of carbonyl (C=O) groups excluding carboxylic acids is 1. The second-order valence-corrected chi connectivity index (χ2v) is 5.01. The molecule has 0 saturated carbocycles. The Morgan fingerprint density at radius 2 is 2.00 bits per heavy atom. The van der Waals surface area contributed by atoms with Gasteiger partial charge in [0.05, 0.1) is 11.1 Å². The first-order chi connectivity index (χ1) is 9.21. The van der Waals surface area contributed by atoms with Crippen molar-refractivity contribution in [3.05, 3.63) is 41.0 Å². The van der Waals surface area contributed by atoms with E-state index >= 15 is 0 Å². The predicted molar refractivity (Wildman–Crippen MR) is 70.6 cm³/mol. The fourth-order valence-corrected chi connectivity index (χ4v) is 1.85. The normalized spacial score (nSPS) is 11.8. The molecule has 0 atom stereocenters. The minimum absolute atomic E-state index is 0.132. The van der Waals surface area contributed by atoms with Crippen LogP contribution in [-0.4, -0.2) is 21.9 Å². The summed E-state index contributed by atoms with van der Waals surface area (Å²) in [6.45, 7) is 1.36. The first kappa shape index (κ1) is 16.3. The van der Waals surface area contributed by atoms with E-state index in [-0.39, 0.29) is 16.4 Å². The van der Waals surface area contributed by atoms with E-state index in [1.54, 1.807) is 0 Å². The van der Waals surface area contributed by atoms with E-state index in [0.717, 1.165) is 23.9 Å². The van der Waals surface area contributed by atoms with Crippen molar-refractivity contribution in [2.45, 2.75) is 13.1 Å². The lowest BCUT2D eigenvalue weighted by Crippen LogP contribution is -2.09. The van der Waals surface area contributed by atoms with Crippen LogP contribution in [0.15, 0.2) is 24.3 Å². The molecule has 7 heteroatoms. The molecule has 0 bridgehead atoms.